The third kappa shape index (κ3) is 13.1. The average molecular weight is 923 g/mol. The second-order valence-electron chi connectivity index (χ2n) is 20.8. The van der Waals surface area contributed by atoms with Crippen molar-refractivity contribution in [2.45, 2.75) is 192 Å². The summed E-state index contributed by atoms with van der Waals surface area (Å²) in [5.74, 6) is -2.50. The van der Waals surface area contributed by atoms with Crippen LogP contribution >= 0.6 is 12.2 Å². The summed E-state index contributed by atoms with van der Waals surface area (Å²) in [6, 6.07) is 7.11. The molecule has 0 aliphatic carbocycles. The van der Waals surface area contributed by atoms with E-state index in [1.165, 1.54) is 6.92 Å². The number of rotatable bonds is 11. The van der Waals surface area contributed by atoms with Gasteiger partial charge in [-0.1, -0.05) is 52.3 Å². The topological polar surface area (TPSA) is 186 Å². The molecule has 0 aromatic heterocycles. The van der Waals surface area contributed by atoms with Crippen molar-refractivity contribution in [1.29, 1.82) is 0 Å². The molecule has 64 heavy (non-hydrogen) atoms. The number of likely N-dealkylation sites (N-methyl/N-ethyl adjacent to an activating group) is 1. The molecule has 4 rings (SSSR count). The highest BCUT2D eigenvalue weighted by Crippen LogP contribution is 2.47. The lowest BCUT2D eigenvalue weighted by atomic mass is 9.63. The lowest BCUT2D eigenvalue weighted by Crippen LogP contribution is -2.60. The largest absolute Gasteiger partial charge is 0.459 e. The number of hydrogen-bond donors (Lipinski definition) is 7. The number of ether oxygens (including phenoxy) is 4. The van der Waals surface area contributed by atoms with Crippen LogP contribution in [0.15, 0.2) is 24.3 Å². The molecule has 0 spiro atoms. The normalized spacial score (nSPS) is 42.3. The smallest absolute Gasteiger partial charge is 0.309 e. The van der Waals surface area contributed by atoms with Crippen molar-refractivity contribution in [2.75, 3.05) is 46.2 Å². The van der Waals surface area contributed by atoms with Crippen LogP contribution in [0.5, 0.6) is 0 Å². The summed E-state index contributed by atoms with van der Waals surface area (Å²) in [5.41, 5.74) is -2.19. The Hall–Kier alpha value is -2.02. The summed E-state index contributed by atoms with van der Waals surface area (Å²) in [5, 5.41) is 68.1. The van der Waals surface area contributed by atoms with E-state index in [9.17, 15) is 30.3 Å². The number of aliphatic hydroxyl groups excluding tert-OH is 3. The average Bonchev–Trinajstić information content (AvgIpc) is 3.23. The summed E-state index contributed by atoms with van der Waals surface area (Å²) >= 11 is 5.67. The number of nitrogens with one attached hydrogen (secondary N) is 2. The molecule has 3 saturated heterocycles. The van der Waals surface area contributed by atoms with Crippen molar-refractivity contribution in [3.8, 4) is 0 Å². The molecule has 3 heterocycles. The number of carbonyl (C=O) groups excluding carboxylic acids is 1. The molecule has 0 radical (unpaired) electrons. The minimum Gasteiger partial charge on any atom is -0.459 e. The first-order chi connectivity index (χ1) is 29.8. The highest BCUT2D eigenvalue weighted by Gasteiger charge is 2.53. The molecule has 0 amide bonds. The van der Waals surface area contributed by atoms with Crippen LogP contribution in [0.25, 0.3) is 0 Å². The van der Waals surface area contributed by atoms with Crippen LogP contribution in [0.4, 0.5) is 5.69 Å². The molecule has 15 heteroatoms. The van der Waals surface area contributed by atoms with Crippen LogP contribution < -0.4 is 10.6 Å². The number of anilines is 1. The lowest BCUT2D eigenvalue weighted by molar-refractivity contribution is -0.226. The fraction of sp³-hybridized carbons (Fsp3) is 0.837. The number of cyclic esters (lactones) is 1. The molecule has 0 bridgehead atoms. The highest BCUT2D eigenvalue weighted by atomic mass is 32.1. The van der Waals surface area contributed by atoms with Gasteiger partial charge in [0.05, 0.1) is 47.6 Å². The molecule has 14 nitrogen and oxygen atoms in total. The number of esters is 1. The van der Waals surface area contributed by atoms with Gasteiger partial charge in [0.15, 0.2) is 5.11 Å². The first-order valence-corrected chi connectivity index (χ1v) is 24.3. The summed E-state index contributed by atoms with van der Waals surface area (Å²) in [6.45, 7) is 22.2. The predicted octanol–water partition coefficient (Wildman–Crippen LogP) is 4.89. The van der Waals surface area contributed by atoms with Gasteiger partial charge in [0, 0.05) is 57.4 Å². The maximum atomic E-state index is 14.2. The number of hydrogen-bond acceptors (Lipinski definition) is 13. The Labute approximate surface area is 390 Å². The standard InChI is InChI=1S/C49H86N4O10S/c1-15-41-48(11,58)43(55)34(8)53(21-20-50-46(64)51-36-18-16-28(2)17-19-36)27-29(3)24-49(59,26-40-42(54)39(52(12)13)22-30(4)61-40)38(32(6)31(5)33(7)45(57)63-41)23-37-25-47(10,60-14)44(56)35(9)62-37/h16-19,29-35,37-44,54-56,58-59H,15,20-27H2,1-14H3,(H2,50,51,64)/t29-,30+,31+,32+,33+,34+,35-,37+,38-,39-,40-,41-,42-,43+,44+,47+,48+,49-/m0/s1. The number of thiocarbonyl (C=S) groups is 1. The Morgan fingerprint density at radius 3 is 2.20 bits per heavy atom. The molecule has 0 saturated carbocycles. The van der Waals surface area contributed by atoms with Crippen molar-refractivity contribution in [1.82, 2.24) is 15.1 Å². The summed E-state index contributed by atoms with van der Waals surface area (Å²) in [7, 11) is 5.49. The molecule has 368 valence electrons. The van der Waals surface area contributed by atoms with Gasteiger partial charge >= 0.3 is 5.97 Å². The predicted molar refractivity (Wildman–Crippen MR) is 255 cm³/mol. The fourth-order valence-corrected chi connectivity index (χ4v) is 11.3. The van der Waals surface area contributed by atoms with E-state index in [-0.39, 0.29) is 49.2 Å². The first kappa shape index (κ1) is 54.6. The lowest BCUT2D eigenvalue weighted by Gasteiger charge is -2.51. The Morgan fingerprint density at radius 1 is 0.969 bits per heavy atom. The van der Waals surface area contributed by atoms with Crippen LogP contribution in [0.3, 0.4) is 0 Å². The molecule has 1 aromatic rings. The number of aryl methyl sites for hydroxylation is 1. The van der Waals surface area contributed by atoms with Crippen molar-refractivity contribution >= 4 is 29.0 Å². The van der Waals surface area contributed by atoms with E-state index in [2.05, 4.69) is 29.4 Å². The van der Waals surface area contributed by atoms with E-state index in [4.69, 9.17) is 31.2 Å². The third-order valence-corrected chi connectivity index (χ3v) is 15.8. The van der Waals surface area contributed by atoms with Crippen molar-refractivity contribution in [2.24, 2.45) is 29.6 Å². The van der Waals surface area contributed by atoms with Gasteiger partial charge in [-0.15, -0.1) is 0 Å². The minimum absolute atomic E-state index is 0.117. The fourth-order valence-electron chi connectivity index (χ4n) is 11.1. The zero-order valence-corrected chi connectivity index (χ0v) is 42.2. The maximum Gasteiger partial charge on any atom is 0.309 e. The van der Waals surface area contributed by atoms with Gasteiger partial charge in [-0.25, -0.2) is 0 Å². The number of carbonyl (C=O) groups is 1. The second kappa shape index (κ2) is 22.9. The van der Waals surface area contributed by atoms with Crippen molar-refractivity contribution in [3.63, 3.8) is 0 Å². The van der Waals surface area contributed by atoms with Crippen LogP contribution in [-0.2, 0) is 23.7 Å². The summed E-state index contributed by atoms with van der Waals surface area (Å²) in [6.07, 6.45) is -3.86. The maximum absolute atomic E-state index is 14.2. The van der Waals surface area contributed by atoms with Gasteiger partial charge in [-0.2, -0.15) is 0 Å². The van der Waals surface area contributed by atoms with E-state index in [0.29, 0.717) is 44.0 Å². The third-order valence-electron chi connectivity index (χ3n) is 15.5. The summed E-state index contributed by atoms with van der Waals surface area (Å²) in [4.78, 5) is 18.3. The van der Waals surface area contributed by atoms with Crippen LogP contribution in [-0.4, -0.2) is 165 Å². The highest BCUT2D eigenvalue weighted by molar-refractivity contribution is 7.80. The van der Waals surface area contributed by atoms with Gasteiger partial charge in [0.1, 0.15) is 23.9 Å². The van der Waals surface area contributed by atoms with Gasteiger partial charge in [-0.05, 0) is 129 Å². The Kier molecular flexibility index (Phi) is 19.5. The molecular formula is C49H86N4O10S. The van der Waals surface area contributed by atoms with E-state index >= 15 is 0 Å². The molecule has 1 aromatic carbocycles. The summed E-state index contributed by atoms with van der Waals surface area (Å²) < 4.78 is 25.2. The molecule has 3 fully saturated rings. The molecular weight excluding hydrogens is 837 g/mol. The van der Waals surface area contributed by atoms with Gasteiger partial charge in [0.2, 0.25) is 0 Å². The number of aliphatic hydroxyl groups is 5. The zero-order valence-electron chi connectivity index (χ0n) is 41.4. The molecule has 0 unspecified atom stereocenters. The van der Waals surface area contributed by atoms with E-state index in [1.54, 1.807) is 7.11 Å². The molecule has 18 atom stereocenters. The molecule has 3 aliphatic heterocycles. The van der Waals surface area contributed by atoms with Crippen LogP contribution in [0.1, 0.15) is 113 Å². The van der Waals surface area contributed by atoms with Gasteiger partial charge < -0.3 is 60.0 Å². The van der Waals surface area contributed by atoms with Crippen molar-refractivity contribution < 1.29 is 49.3 Å². The zero-order chi connectivity index (χ0) is 48.1. The van der Waals surface area contributed by atoms with E-state index in [0.717, 1.165) is 11.3 Å². The Balaban J connectivity index is 1.82. The monoisotopic (exact) mass is 923 g/mol. The quantitative estimate of drug-likeness (QED) is 0.118. The van der Waals surface area contributed by atoms with Crippen LogP contribution in [0, 0.1) is 36.5 Å². The molecule has 3 aliphatic rings. The van der Waals surface area contributed by atoms with E-state index < -0.39 is 83.4 Å². The second-order valence-corrected chi connectivity index (χ2v) is 21.2. The Bertz CT molecular complexity index is 1640. The SMILES string of the molecule is CC[C@@H]1OC(=O)[C@H](C)[C@H](C)[C@@H](C)[C@H](C[C@@H]2C[C@@](C)(OC)[C@H](O)[C@H](C)O2)[C@@](O)(C[C@@H]2O[C@H](C)C[C@H](N(C)C)[C@@H]2O)C[C@H](C)CN(CCNC(=S)Nc2ccc(C)cc2)[C@H](C)[C@@H](O)[C@]1(C)O. The first-order valence-electron chi connectivity index (χ1n) is 23.9. The van der Waals surface area contributed by atoms with Gasteiger partial charge in [0.25, 0.3) is 0 Å². The van der Waals surface area contributed by atoms with E-state index in [1.807, 2.05) is 98.7 Å². The molecule has 7 N–H and O–H groups in total. The van der Waals surface area contributed by atoms with Crippen LogP contribution in [0.2, 0.25) is 0 Å². The van der Waals surface area contributed by atoms with Crippen molar-refractivity contribution in [3.05, 3.63) is 29.8 Å². The number of nitrogens with zero attached hydrogens (tertiary/aromatic N) is 2. The Morgan fingerprint density at radius 2 is 1.61 bits per heavy atom. The number of methoxy groups -OCH3 is 1. The van der Waals surface area contributed by atoms with Gasteiger partial charge in [-0.3, -0.25) is 9.69 Å². The number of benzene rings is 1. The minimum atomic E-state index is -1.80.